The van der Waals surface area contributed by atoms with E-state index < -0.39 is 0 Å². The van der Waals surface area contributed by atoms with E-state index in [1.165, 1.54) is 18.6 Å². The lowest BCUT2D eigenvalue weighted by Gasteiger charge is -2.22. The summed E-state index contributed by atoms with van der Waals surface area (Å²) in [4.78, 5) is 0. The van der Waals surface area contributed by atoms with E-state index in [0.29, 0.717) is 0 Å². The third kappa shape index (κ3) is 8.89. The van der Waals surface area contributed by atoms with E-state index in [1.54, 1.807) is 0 Å². The molecule has 0 spiro atoms. The van der Waals surface area contributed by atoms with E-state index in [0.717, 1.165) is 24.4 Å². The Morgan fingerprint density at radius 3 is 1.86 bits per heavy atom. The predicted octanol–water partition coefficient (Wildman–Crippen LogP) is 3.40. The Hall–Kier alpha value is 0.310. The van der Waals surface area contributed by atoms with Crippen LogP contribution in [0.5, 0.6) is 0 Å². The molecular weight excluding hydrogens is 190 g/mol. The van der Waals surface area contributed by atoms with Gasteiger partial charge in [-0.1, -0.05) is 27.7 Å². The van der Waals surface area contributed by atoms with E-state index >= 15 is 0 Å². The van der Waals surface area contributed by atoms with Gasteiger partial charge < -0.3 is 5.32 Å². The number of hydrogen-bond acceptors (Lipinski definition) is 2. The van der Waals surface area contributed by atoms with Crippen molar-refractivity contribution < 1.29 is 0 Å². The molecule has 0 saturated carbocycles. The predicted molar refractivity (Wildman–Crippen MR) is 69.1 cm³/mol. The van der Waals surface area contributed by atoms with Crippen LogP contribution in [-0.4, -0.2) is 24.6 Å². The van der Waals surface area contributed by atoms with Gasteiger partial charge in [0.2, 0.25) is 0 Å². The van der Waals surface area contributed by atoms with Crippen LogP contribution in [0.1, 0.15) is 40.5 Å². The Bertz CT molecular complexity index is 113. The molecule has 0 heterocycles. The van der Waals surface area contributed by atoms with Gasteiger partial charge in [-0.25, -0.2) is 0 Å². The first-order valence-electron chi connectivity index (χ1n) is 5.78. The third-order valence-electron chi connectivity index (χ3n) is 2.25. The minimum absolute atomic E-state index is 0.724. The topological polar surface area (TPSA) is 12.0 Å². The normalized spacial score (nSPS) is 12.0. The fourth-order valence-corrected chi connectivity index (χ4v) is 2.09. The van der Waals surface area contributed by atoms with Gasteiger partial charge in [0.25, 0.3) is 0 Å². The zero-order valence-corrected chi connectivity index (χ0v) is 11.3. The average molecular weight is 217 g/mol. The van der Waals surface area contributed by atoms with Crippen molar-refractivity contribution in [3.05, 3.63) is 0 Å². The molecule has 0 aromatic carbocycles. The second kappa shape index (κ2) is 8.60. The molecule has 14 heavy (non-hydrogen) atoms. The molecule has 0 saturated heterocycles. The molecule has 1 nitrogen and oxygen atoms in total. The Labute approximate surface area is 94.4 Å². The van der Waals surface area contributed by atoms with Crippen molar-refractivity contribution in [3.8, 4) is 0 Å². The Morgan fingerprint density at radius 1 is 1.00 bits per heavy atom. The number of hydrogen-bond donors (Lipinski definition) is 1. The largest absolute Gasteiger partial charge is 0.313 e. The zero-order valence-electron chi connectivity index (χ0n) is 10.5. The summed E-state index contributed by atoms with van der Waals surface area (Å²) in [5.41, 5.74) is 0. The summed E-state index contributed by atoms with van der Waals surface area (Å²) in [6, 6.07) is 0.724. The summed E-state index contributed by atoms with van der Waals surface area (Å²) in [7, 11) is 0. The van der Waals surface area contributed by atoms with Crippen LogP contribution >= 0.6 is 11.8 Å². The van der Waals surface area contributed by atoms with Crippen molar-refractivity contribution in [2.75, 3.05) is 18.6 Å². The van der Waals surface area contributed by atoms with E-state index in [1.807, 2.05) is 11.8 Å². The molecule has 0 rings (SSSR count). The average Bonchev–Trinajstić information content (AvgIpc) is 2.02. The van der Waals surface area contributed by atoms with Crippen molar-refractivity contribution in [3.63, 3.8) is 0 Å². The highest BCUT2D eigenvalue weighted by molar-refractivity contribution is 7.98. The summed E-state index contributed by atoms with van der Waals surface area (Å²) in [6.07, 6.45) is 4.79. The SMILES string of the molecule is CSCCNC(CC(C)C)CC(C)C. The molecule has 0 amide bonds. The van der Waals surface area contributed by atoms with E-state index in [-0.39, 0.29) is 0 Å². The van der Waals surface area contributed by atoms with Gasteiger partial charge in [-0.05, 0) is 30.9 Å². The van der Waals surface area contributed by atoms with E-state index in [2.05, 4.69) is 39.3 Å². The Morgan fingerprint density at radius 2 is 1.50 bits per heavy atom. The van der Waals surface area contributed by atoms with Gasteiger partial charge >= 0.3 is 0 Å². The molecule has 0 unspecified atom stereocenters. The molecule has 0 atom stereocenters. The van der Waals surface area contributed by atoms with Crippen LogP contribution < -0.4 is 5.32 Å². The molecular formula is C12H27NS. The lowest BCUT2D eigenvalue weighted by molar-refractivity contribution is 0.366. The Balaban J connectivity index is 3.72. The molecule has 0 aromatic rings. The van der Waals surface area contributed by atoms with Gasteiger partial charge in [-0.15, -0.1) is 0 Å². The van der Waals surface area contributed by atoms with Crippen LogP contribution in [0.3, 0.4) is 0 Å². The smallest absolute Gasteiger partial charge is 0.00722 e. The van der Waals surface area contributed by atoms with Gasteiger partial charge in [-0.2, -0.15) is 11.8 Å². The number of rotatable bonds is 8. The van der Waals surface area contributed by atoms with Crippen LogP contribution in [0.2, 0.25) is 0 Å². The molecule has 0 aromatic heterocycles. The first kappa shape index (κ1) is 14.3. The maximum absolute atomic E-state index is 3.66. The highest BCUT2D eigenvalue weighted by atomic mass is 32.2. The molecule has 0 fully saturated rings. The summed E-state index contributed by atoms with van der Waals surface area (Å²) in [5, 5.41) is 3.66. The van der Waals surface area contributed by atoms with Crippen LogP contribution in [-0.2, 0) is 0 Å². The van der Waals surface area contributed by atoms with E-state index in [4.69, 9.17) is 0 Å². The molecule has 0 radical (unpaired) electrons. The van der Waals surface area contributed by atoms with Gasteiger partial charge in [0.1, 0.15) is 0 Å². The summed E-state index contributed by atoms with van der Waals surface area (Å²) >= 11 is 1.92. The molecule has 0 aliphatic heterocycles. The van der Waals surface area contributed by atoms with Gasteiger partial charge in [0, 0.05) is 18.3 Å². The minimum Gasteiger partial charge on any atom is -0.313 e. The van der Waals surface area contributed by atoms with Crippen molar-refractivity contribution in [2.45, 2.75) is 46.6 Å². The lowest BCUT2D eigenvalue weighted by Crippen LogP contribution is -2.33. The first-order valence-corrected chi connectivity index (χ1v) is 7.18. The molecule has 86 valence electrons. The summed E-state index contributed by atoms with van der Waals surface area (Å²) in [6.45, 7) is 10.4. The minimum atomic E-state index is 0.724. The first-order chi connectivity index (χ1) is 6.56. The van der Waals surface area contributed by atoms with Crippen LogP contribution in [0.15, 0.2) is 0 Å². The molecule has 2 heteroatoms. The Kier molecular flexibility index (Phi) is 8.80. The molecule has 0 aliphatic rings. The summed E-state index contributed by atoms with van der Waals surface area (Å²) < 4.78 is 0. The zero-order chi connectivity index (χ0) is 11.0. The molecule has 0 aliphatic carbocycles. The second-order valence-corrected chi connectivity index (χ2v) is 5.89. The van der Waals surface area contributed by atoms with Crippen molar-refractivity contribution in [1.82, 2.24) is 5.32 Å². The number of thioether (sulfide) groups is 1. The van der Waals surface area contributed by atoms with E-state index in [9.17, 15) is 0 Å². The maximum Gasteiger partial charge on any atom is 0.00722 e. The van der Waals surface area contributed by atoms with Crippen LogP contribution in [0.25, 0.3) is 0 Å². The van der Waals surface area contributed by atoms with Crippen molar-refractivity contribution >= 4 is 11.8 Å². The van der Waals surface area contributed by atoms with Gasteiger partial charge in [0.15, 0.2) is 0 Å². The third-order valence-corrected chi connectivity index (χ3v) is 2.86. The van der Waals surface area contributed by atoms with Crippen molar-refractivity contribution in [1.29, 1.82) is 0 Å². The molecule has 0 bridgehead atoms. The summed E-state index contributed by atoms with van der Waals surface area (Å²) in [5.74, 6) is 2.84. The second-order valence-electron chi connectivity index (χ2n) is 4.90. The fraction of sp³-hybridized carbons (Fsp3) is 1.00. The lowest BCUT2D eigenvalue weighted by atomic mass is 9.96. The monoisotopic (exact) mass is 217 g/mol. The highest BCUT2D eigenvalue weighted by Gasteiger charge is 2.11. The quantitative estimate of drug-likeness (QED) is 0.625. The van der Waals surface area contributed by atoms with Crippen LogP contribution in [0.4, 0.5) is 0 Å². The number of nitrogens with one attached hydrogen (secondary N) is 1. The van der Waals surface area contributed by atoms with Crippen LogP contribution in [0, 0.1) is 11.8 Å². The fourth-order valence-electron chi connectivity index (χ4n) is 1.77. The van der Waals surface area contributed by atoms with Gasteiger partial charge in [0.05, 0.1) is 0 Å². The van der Waals surface area contributed by atoms with Gasteiger partial charge in [-0.3, -0.25) is 0 Å². The van der Waals surface area contributed by atoms with Crippen molar-refractivity contribution in [2.24, 2.45) is 11.8 Å². The highest BCUT2D eigenvalue weighted by Crippen LogP contribution is 2.13. The standard InChI is InChI=1S/C12H27NS/c1-10(2)8-12(9-11(3)4)13-6-7-14-5/h10-13H,6-9H2,1-5H3. The maximum atomic E-state index is 3.66. The molecule has 1 N–H and O–H groups in total.